The van der Waals surface area contributed by atoms with E-state index in [1.54, 1.807) is 0 Å². The third-order valence-electron chi connectivity index (χ3n) is 3.05. The lowest BCUT2D eigenvalue weighted by molar-refractivity contribution is -0.149. The summed E-state index contributed by atoms with van der Waals surface area (Å²) in [6.45, 7) is 0. The fourth-order valence-electron chi connectivity index (χ4n) is 2.02. The van der Waals surface area contributed by atoms with E-state index in [1.165, 1.54) is 18.2 Å². The van der Waals surface area contributed by atoms with Crippen LogP contribution in [0.5, 0.6) is 0 Å². The minimum absolute atomic E-state index is 0.0631. The standard InChI is InChI=1S/C15H10F4O3/c16-10-3-1-2-8(6-10)9-4-5-11(13(20)14(21)22)12(7-9)15(17,18)19/h1-7,13,20H,(H,21,22). The van der Waals surface area contributed by atoms with E-state index in [2.05, 4.69) is 0 Å². The molecule has 0 saturated carbocycles. The molecule has 1 atom stereocenters. The first-order chi connectivity index (χ1) is 10.2. The zero-order valence-corrected chi connectivity index (χ0v) is 10.9. The summed E-state index contributed by atoms with van der Waals surface area (Å²) in [7, 11) is 0. The molecule has 0 bridgehead atoms. The quantitative estimate of drug-likeness (QED) is 0.851. The molecule has 0 heterocycles. The van der Waals surface area contributed by atoms with Gasteiger partial charge in [0.15, 0.2) is 6.10 Å². The molecule has 3 nitrogen and oxygen atoms in total. The van der Waals surface area contributed by atoms with Crippen molar-refractivity contribution in [1.29, 1.82) is 0 Å². The molecule has 0 fully saturated rings. The maximum atomic E-state index is 13.2. The molecule has 0 aliphatic heterocycles. The molecule has 0 amide bonds. The van der Waals surface area contributed by atoms with Crippen molar-refractivity contribution in [2.75, 3.05) is 0 Å². The molecular formula is C15H10F4O3. The summed E-state index contributed by atoms with van der Waals surface area (Å²) in [5.41, 5.74) is -1.76. The SMILES string of the molecule is O=C(O)C(O)c1ccc(-c2cccc(F)c2)cc1C(F)(F)F. The second-order valence-corrected chi connectivity index (χ2v) is 4.55. The summed E-state index contributed by atoms with van der Waals surface area (Å²) < 4.78 is 52.4. The Balaban J connectivity index is 2.60. The van der Waals surface area contributed by atoms with Gasteiger partial charge in [-0.05, 0) is 29.3 Å². The molecule has 116 valence electrons. The Labute approximate surface area is 122 Å². The molecule has 0 aromatic heterocycles. The van der Waals surface area contributed by atoms with Crippen LogP contribution >= 0.6 is 0 Å². The molecule has 0 spiro atoms. The molecule has 0 saturated heterocycles. The van der Waals surface area contributed by atoms with Gasteiger partial charge in [-0.15, -0.1) is 0 Å². The molecule has 7 heteroatoms. The van der Waals surface area contributed by atoms with E-state index in [-0.39, 0.29) is 11.1 Å². The summed E-state index contributed by atoms with van der Waals surface area (Å²) in [5, 5.41) is 18.1. The Morgan fingerprint density at radius 3 is 2.23 bits per heavy atom. The maximum Gasteiger partial charge on any atom is 0.416 e. The Bertz CT molecular complexity index is 710. The fourth-order valence-corrected chi connectivity index (χ4v) is 2.02. The van der Waals surface area contributed by atoms with E-state index in [0.29, 0.717) is 6.07 Å². The summed E-state index contributed by atoms with van der Waals surface area (Å²) >= 11 is 0. The maximum absolute atomic E-state index is 13.2. The lowest BCUT2D eigenvalue weighted by Crippen LogP contribution is -2.17. The predicted molar refractivity (Wildman–Crippen MR) is 69.4 cm³/mol. The molecule has 2 rings (SSSR count). The van der Waals surface area contributed by atoms with Crippen LogP contribution in [0, 0.1) is 5.82 Å². The van der Waals surface area contributed by atoms with Crippen molar-refractivity contribution in [3.05, 3.63) is 59.4 Å². The van der Waals surface area contributed by atoms with Crippen molar-refractivity contribution >= 4 is 5.97 Å². The first-order valence-corrected chi connectivity index (χ1v) is 6.08. The van der Waals surface area contributed by atoms with Gasteiger partial charge in [0.05, 0.1) is 5.56 Å². The monoisotopic (exact) mass is 314 g/mol. The van der Waals surface area contributed by atoms with Crippen molar-refractivity contribution < 1.29 is 32.6 Å². The van der Waals surface area contributed by atoms with Crippen molar-refractivity contribution in [2.24, 2.45) is 0 Å². The number of aliphatic hydroxyl groups excluding tert-OH is 1. The van der Waals surface area contributed by atoms with Gasteiger partial charge < -0.3 is 10.2 Å². The number of aliphatic hydroxyl groups is 1. The highest BCUT2D eigenvalue weighted by Crippen LogP contribution is 2.37. The van der Waals surface area contributed by atoms with Gasteiger partial charge in [-0.25, -0.2) is 9.18 Å². The fraction of sp³-hybridized carbons (Fsp3) is 0.133. The third kappa shape index (κ3) is 3.25. The molecule has 22 heavy (non-hydrogen) atoms. The lowest BCUT2D eigenvalue weighted by Gasteiger charge is -2.16. The van der Waals surface area contributed by atoms with Crippen LogP contribution in [-0.2, 0) is 11.0 Å². The van der Waals surface area contributed by atoms with Gasteiger partial charge in [0.2, 0.25) is 0 Å². The molecule has 2 aromatic rings. The largest absolute Gasteiger partial charge is 0.479 e. The number of alkyl halides is 3. The minimum Gasteiger partial charge on any atom is -0.479 e. The highest BCUT2D eigenvalue weighted by molar-refractivity contribution is 5.76. The van der Waals surface area contributed by atoms with E-state index < -0.39 is 35.2 Å². The smallest absolute Gasteiger partial charge is 0.416 e. The predicted octanol–water partition coefficient (Wildman–Crippen LogP) is 3.63. The summed E-state index contributed by atoms with van der Waals surface area (Å²) in [5.74, 6) is -2.40. The number of rotatable bonds is 3. The second-order valence-electron chi connectivity index (χ2n) is 4.55. The number of carbonyl (C=O) groups is 1. The zero-order chi connectivity index (χ0) is 16.5. The van der Waals surface area contributed by atoms with Crippen LogP contribution in [-0.4, -0.2) is 16.2 Å². The summed E-state index contributed by atoms with van der Waals surface area (Å²) in [6.07, 6.45) is -7.15. The van der Waals surface area contributed by atoms with Crippen molar-refractivity contribution in [1.82, 2.24) is 0 Å². The van der Waals surface area contributed by atoms with Crippen molar-refractivity contribution in [3.8, 4) is 11.1 Å². The van der Waals surface area contributed by atoms with E-state index in [0.717, 1.165) is 18.2 Å². The van der Waals surface area contributed by atoms with Crippen LogP contribution < -0.4 is 0 Å². The number of carboxylic acids is 1. The highest BCUT2D eigenvalue weighted by atomic mass is 19.4. The van der Waals surface area contributed by atoms with Crippen LogP contribution in [0.15, 0.2) is 42.5 Å². The van der Waals surface area contributed by atoms with Gasteiger partial charge in [0.25, 0.3) is 0 Å². The topological polar surface area (TPSA) is 57.5 Å². The molecule has 0 aliphatic rings. The zero-order valence-electron chi connectivity index (χ0n) is 10.9. The molecule has 2 N–H and O–H groups in total. The molecule has 0 radical (unpaired) electrons. The van der Waals surface area contributed by atoms with E-state index >= 15 is 0 Å². The Morgan fingerprint density at radius 2 is 1.68 bits per heavy atom. The first-order valence-electron chi connectivity index (χ1n) is 6.08. The van der Waals surface area contributed by atoms with Gasteiger partial charge in [-0.1, -0.05) is 24.3 Å². The number of hydrogen-bond donors (Lipinski definition) is 2. The van der Waals surface area contributed by atoms with Gasteiger partial charge in [-0.2, -0.15) is 13.2 Å². The average molecular weight is 314 g/mol. The molecule has 0 aliphatic carbocycles. The van der Waals surface area contributed by atoms with E-state index in [9.17, 15) is 27.5 Å². The number of aliphatic carboxylic acids is 1. The van der Waals surface area contributed by atoms with Crippen LogP contribution in [0.25, 0.3) is 11.1 Å². The highest BCUT2D eigenvalue weighted by Gasteiger charge is 2.36. The third-order valence-corrected chi connectivity index (χ3v) is 3.05. The van der Waals surface area contributed by atoms with Gasteiger partial charge in [0.1, 0.15) is 5.82 Å². The Morgan fingerprint density at radius 1 is 1.05 bits per heavy atom. The van der Waals surface area contributed by atoms with E-state index in [4.69, 9.17) is 5.11 Å². The number of halogens is 4. The molecule has 2 aromatic carbocycles. The Kier molecular flexibility index (Phi) is 4.18. The van der Waals surface area contributed by atoms with Crippen molar-refractivity contribution in [3.63, 3.8) is 0 Å². The Hall–Kier alpha value is -2.41. The summed E-state index contributed by atoms with van der Waals surface area (Å²) in [4.78, 5) is 10.7. The van der Waals surface area contributed by atoms with Crippen LogP contribution in [0.2, 0.25) is 0 Å². The van der Waals surface area contributed by atoms with Gasteiger partial charge in [0, 0.05) is 5.56 Å². The molecule has 1 unspecified atom stereocenters. The number of hydrogen-bond acceptors (Lipinski definition) is 2. The van der Waals surface area contributed by atoms with Gasteiger partial charge in [-0.3, -0.25) is 0 Å². The molecular weight excluding hydrogens is 304 g/mol. The number of benzene rings is 2. The van der Waals surface area contributed by atoms with Crippen molar-refractivity contribution in [2.45, 2.75) is 12.3 Å². The first kappa shape index (κ1) is 16.0. The summed E-state index contributed by atoms with van der Waals surface area (Å²) in [6, 6.07) is 7.74. The number of carboxylic acid groups (broad SMARTS) is 1. The van der Waals surface area contributed by atoms with E-state index in [1.807, 2.05) is 0 Å². The van der Waals surface area contributed by atoms with Crippen LogP contribution in [0.3, 0.4) is 0 Å². The second kappa shape index (κ2) is 5.76. The van der Waals surface area contributed by atoms with Crippen LogP contribution in [0.4, 0.5) is 17.6 Å². The minimum atomic E-state index is -4.85. The normalized spacial score (nSPS) is 13.0. The van der Waals surface area contributed by atoms with Gasteiger partial charge >= 0.3 is 12.1 Å². The van der Waals surface area contributed by atoms with Crippen LogP contribution in [0.1, 0.15) is 17.2 Å². The lowest BCUT2D eigenvalue weighted by atomic mass is 9.96. The average Bonchev–Trinajstić information content (AvgIpc) is 2.45.